The molecule has 0 bridgehead atoms. The molecule has 20 heavy (non-hydrogen) atoms. The van der Waals surface area contributed by atoms with Crippen LogP contribution in [-0.2, 0) is 0 Å². The molecule has 0 radical (unpaired) electrons. The van der Waals surface area contributed by atoms with Gasteiger partial charge < -0.3 is 10.5 Å². The van der Waals surface area contributed by atoms with Crippen LogP contribution in [0.4, 0.5) is 5.69 Å². The predicted molar refractivity (Wildman–Crippen MR) is 81.2 cm³/mol. The van der Waals surface area contributed by atoms with E-state index in [0.717, 1.165) is 13.1 Å². The summed E-state index contributed by atoms with van der Waals surface area (Å²) in [6.07, 6.45) is 3.64. The van der Waals surface area contributed by atoms with Crippen molar-refractivity contribution in [3.05, 3.63) is 23.8 Å². The summed E-state index contributed by atoms with van der Waals surface area (Å²) in [6, 6.07) is 5.25. The highest BCUT2D eigenvalue weighted by Crippen LogP contribution is 2.24. The van der Waals surface area contributed by atoms with Gasteiger partial charge in [0.25, 0.3) is 0 Å². The van der Waals surface area contributed by atoms with Gasteiger partial charge in [-0.05, 0) is 58.0 Å². The third-order valence-electron chi connectivity index (χ3n) is 3.91. The molecule has 0 aromatic heterocycles. The number of carbonyl (C=O) groups excluding carboxylic acids is 1. The zero-order chi connectivity index (χ0) is 14.5. The fraction of sp³-hybridized carbons (Fsp3) is 0.562. The lowest BCUT2D eigenvalue weighted by atomic mass is 10.0. The Kier molecular flexibility index (Phi) is 5.01. The second-order valence-electron chi connectivity index (χ2n) is 5.32. The first kappa shape index (κ1) is 14.9. The minimum atomic E-state index is -0.0763. The van der Waals surface area contributed by atoms with Gasteiger partial charge in [0.05, 0.1) is 18.3 Å². The molecule has 1 aromatic rings. The van der Waals surface area contributed by atoms with Gasteiger partial charge in [-0.2, -0.15) is 0 Å². The van der Waals surface area contributed by atoms with Crippen LogP contribution in [0, 0.1) is 0 Å². The molecule has 1 aliphatic rings. The molecule has 0 aliphatic carbocycles. The molecule has 1 aliphatic heterocycles. The van der Waals surface area contributed by atoms with E-state index in [0.29, 0.717) is 23.6 Å². The number of carbonyl (C=O) groups is 1. The van der Waals surface area contributed by atoms with Crippen LogP contribution in [0.3, 0.4) is 0 Å². The molecule has 1 unspecified atom stereocenters. The number of nitrogen functional groups attached to an aromatic ring is 1. The van der Waals surface area contributed by atoms with Crippen molar-refractivity contribution in [2.45, 2.75) is 39.2 Å². The summed E-state index contributed by atoms with van der Waals surface area (Å²) in [5.74, 6) is 0.788. The van der Waals surface area contributed by atoms with Gasteiger partial charge >= 0.3 is 0 Å². The summed E-state index contributed by atoms with van der Waals surface area (Å²) in [5, 5.41) is 0. The number of ether oxygens (including phenoxy) is 1. The molecule has 0 spiro atoms. The number of rotatable bonds is 5. The second kappa shape index (κ2) is 6.75. The van der Waals surface area contributed by atoms with E-state index < -0.39 is 0 Å². The maximum absolute atomic E-state index is 12.5. The number of piperidine rings is 1. The number of likely N-dealkylation sites (tertiary alicyclic amines) is 1. The van der Waals surface area contributed by atoms with Gasteiger partial charge in [-0.3, -0.25) is 9.69 Å². The molecular weight excluding hydrogens is 252 g/mol. The molecule has 4 heteroatoms. The summed E-state index contributed by atoms with van der Waals surface area (Å²) >= 11 is 0. The topological polar surface area (TPSA) is 55.6 Å². The molecule has 4 nitrogen and oxygen atoms in total. The molecular formula is C16H24N2O2. The van der Waals surface area contributed by atoms with Crippen LogP contribution in [0.15, 0.2) is 18.2 Å². The van der Waals surface area contributed by atoms with E-state index in [4.69, 9.17) is 10.5 Å². The standard InChI is InChI=1S/C16H24N2O2/c1-3-20-15-8-7-13(11-14(15)17)16(19)12(2)18-9-5-4-6-10-18/h7-8,11-12H,3-6,9-10,17H2,1-2H3. The van der Waals surface area contributed by atoms with Crippen molar-refractivity contribution in [1.82, 2.24) is 4.90 Å². The second-order valence-corrected chi connectivity index (χ2v) is 5.32. The zero-order valence-corrected chi connectivity index (χ0v) is 12.4. The summed E-state index contributed by atoms with van der Waals surface area (Å²) < 4.78 is 5.40. The van der Waals surface area contributed by atoms with Crippen LogP contribution in [0.1, 0.15) is 43.5 Å². The molecule has 0 amide bonds. The summed E-state index contributed by atoms with van der Waals surface area (Å²) in [6.45, 7) is 6.50. The number of nitrogens with two attached hydrogens (primary N) is 1. The quantitative estimate of drug-likeness (QED) is 0.663. The van der Waals surface area contributed by atoms with Gasteiger partial charge in [-0.1, -0.05) is 6.42 Å². The van der Waals surface area contributed by atoms with Crippen LogP contribution in [-0.4, -0.2) is 36.4 Å². The van der Waals surface area contributed by atoms with Crippen LogP contribution in [0.5, 0.6) is 5.75 Å². The lowest BCUT2D eigenvalue weighted by Crippen LogP contribution is -2.42. The minimum absolute atomic E-state index is 0.0763. The molecule has 1 aromatic carbocycles. The number of hydrogen-bond donors (Lipinski definition) is 1. The summed E-state index contributed by atoms with van der Waals surface area (Å²) in [7, 11) is 0. The average Bonchev–Trinajstić information content (AvgIpc) is 2.49. The lowest BCUT2D eigenvalue weighted by molar-refractivity contribution is 0.0809. The van der Waals surface area contributed by atoms with Gasteiger partial charge in [0.1, 0.15) is 5.75 Å². The Balaban J connectivity index is 2.09. The molecule has 110 valence electrons. The first-order valence-corrected chi connectivity index (χ1v) is 7.44. The van der Waals surface area contributed by atoms with Crippen molar-refractivity contribution in [1.29, 1.82) is 0 Å². The highest BCUT2D eigenvalue weighted by molar-refractivity contribution is 6.00. The first-order chi connectivity index (χ1) is 9.63. The molecule has 1 atom stereocenters. The third kappa shape index (κ3) is 3.31. The van der Waals surface area contributed by atoms with E-state index in [-0.39, 0.29) is 11.8 Å². The monoisotopic (exact) mass is 276 g/mol. The van der Waals surface area contributed by atoms with Gasteiger partial charge in [-0.25, -0.2) is 0 Å². The predicted octanol–water partition coefficient (Wildman–Crippen LogP) is 2.72. The van der Waals surface area contributed by atoms with Crippen molar-refractivity contribution >= 4 is 11.5 Å². The van der Waals surface area contributed by atoms with Gasteiger partial charge in [0.15, 0.2) is 5.78 Å². The van der Waals surface area contributed by atoms with E-state index in [2.05, 4.69) is 4.90 Å². The molecule has 0 saturated carbocycles. The number of anilines is 1. The minimum Gasteiger partial charge on any atom is -0.492 e. The van der Waals surface area contributed by atoms with Crippen molar-refractivity contribution < 1.29 is 9.53 Å². The molecule has 2 rings (SSSR count). The van der Waals surface area contributed by atoms with Gasteiger partial charge in [0.2, 0.25) is 0 Å². The Morgan fingerprint density at radius 2 is 2.05 bits per heavy atom. The van der Waals surface area contributed by atoms with E-state index in [1.54, 1.807) is 12.1 Å². The molecule has 2 N–H and O–H groups in total. The Bertz CT molecular complexity index is 468. The fourth-order valence-electron chi connectivity index (χ4n) is 2.70. The molecule has 1 heterocycles. The number of benzene rings is 1. The number of hydrogen-bond acceptors (Lipinski definition) is 4. The summed E-state index contributed by atoms with van der Waals surface area (Å²) in [4.78, 5) is 14.8. The highest BCUT2D eigenvalue weighted by Gasteiger charge is 2.24. The van der Waals surface area contributed by atoms with Crippen molar-refractivity contribution in [3.8, 4) is 5.75 Å². The van der Waals surface area contributed by atoms with Crippen LogP contribution in [0.2, 0.25) is 0 Å². The van der Waals surface area contributed by atoms with E-state index in [9.17, 15) is 4.79 Å². The Labute approximate surface area is 120 Å². The van der Waals surface area contributed by atoms with Crippen LogP contribution in [0.25, 0.3) is 0 Å². The Morgan fingerprint density at radius 3 is 2.65 bits per heavy atom. The third-order valence-corrected chi connectivity index (χ3v) is 3.91. The number of ketones is 1. The van der Waals surface area contributed by atoms with Crippen LogP contribution < -0.4 is 10.5 Å². The van der Waals surface area contributed by atoms with Crippen molar-refractivity contribution in [2.75, 3.05) is 25.4 Å². The van der Waals surface area contributed by atoms with Crippen molar-refractivity contribution in [3.63, 3.8) is 0 Å². The van der Waals surface area contributed by atoms with Crippen molar-refractivity contribution in [2.24, 2.45) is 0 Å². The van der Waals surface area contributed by atoms with E-state index >= 15 is 0 Å². The Morgan fingerprint density at radius 1 is 1.35 bits per heavy atom. The van der Waals surface area contributed by atoms with E-state index in [1.165, 1.54) is 19.3 Å². The Hall–Kier alpha value is -1.55. The molecule has 1 saturated heterocycles. The maximum atomic E-state index is 12.5. The summed E-state index contributed by atoms with van der Waals surface area (Å²) in [5.41, 5.74) is 7.13. The van der Waals surface area contributed by atoms with E-state index in [1.807, 2.05) is 19.9 Å². The lowest BCUT2D eigenvalue weighted by Gasteiger charge is -2.31. The smallest absolute Gasteiger partial charge is 0.179 e. The number of nitrogens with zero attached hydrogens (tertiary/aromatic N) is 1. The normalized spacial score (nSPS) is 17.7. The van der Waals surface area contributed by atoms with Crippen LogP contribution >= 0.6 is 0 Å². The van der Waals surface area contributed by atoms with Gasteiger partial charge in [-0.15, -0.1) is 0 Å². The van der Waals surface area contributed by atoms with Gasteiger partial charge in [0, 0.05) is 5.56 Å². The number of Topliss-reactive ketones (excluding diaryl/α,β-unsaturated/α-hetero) is 1. The first-order valence-electron chi connectivity index (χ1n) is 7.44. The SMILES string of the molecule is CCOc1ccc(C(=O)C(C)N2CCCCC2)cc1N. The highest BCUT2D eigenvalue weighted by atomic mass is 16.5. The fourth-order valence-corrected chi connectivity index (χ4v) is 2.70. The largest absolute Gasteiger partial charge is 0.492 e. The maximum Gasteiger partial charge on any atom is 0.179 e. The molecule has 1 fully saturated rings. The zero-order valence-electron chi connectivity index (χ0n) is 12.4. The average molecular weight is 276 g/mol.